The number of benzene rings is 1. The lowest BCUT2D eigenvalue weighted by atomic mass is 9.96. The number of β-amino-alcohol motifs (C(OH)–C–C–N with tert-alkyl or cyclic N) is 1. The van der Waals surface area contributed by atoms with Crippen molar-refractivity contribution >= 4 is 23.1 Å². The van der Waals surface area contributed by atoms with Gasteiger partial charge in [0.1, 0.15) is 4.99 Å². The summed E-state index contributed by atoms with van der Waals surface area (Å²) in [7, 11) is 0. The van der Waals surface area contributed by atoms with Crippen LogP contribution in [-0.2, 0) is 4.79 Å². The molecule has 0 radical (unpaired) electrons. The second kappa shape index (κ2) is 6.98. The van der Waals surface area contributed by atoms with Crippen LogP contribution in [0.1, 0.15) is 30.1 Å². The molecule has 21 heavy (non-hydrogen) atoms. The van der Waals surface area contributed by atoms with Crippen molar-refractivity contribution in [1.29, 1.82) is 0 Å². The molecule has 0 aromatic heterocycles. The highest BCUT2D eigenvalue weighted by atomic mass is 32.1. The number of carbonyl (C=O) groups is 1. The molecular weight excluding hydrogens is 286 g/mol. The zero-order valence-electron chi connectivity index (χ0n) is 11.9. The lowest BCUT2D eigenvalue weighted by Crippen LogP contribution is -2.42. The van der Waals surface area contributed by atoms with E-state index < -0.39 is 6.10 Å². The molecular formula is C15H21N3O2S. The Balaban J connectivity index is 1.95. The number of amides is 1. The van der Waals surface area contributed by atoms with Gasteiger partial charge in [-0.2, -0.15) is 0 Å². The summed E-state index contributed by atoms with van der Waals surface area (Å²) < 4.78 is 0. The maximum atomic E-state index is 11.3. The molecule has 114 valence electrons. The number of aliphatic hydroxyl groups excluding tert-OH is 1. The fourth-order valence-electron chi connectivity index (χ4n) is 2.67. The van der Waals surface area contributed by atoms with Gasteiger partial charge in [0.25, 0.3) is 0 Å². The Hall–Kier alpha value is -1.50. The van der Waals surface area contributed by atoms with Crippen molar-refractivity contribution in [2.24, 2.45) is 17.4 Å². The number of carbonyl (C=O) groups excluding carboxylic acids is 1. The number of hydrogen-bond acceptors (Lipinski definition) is 4. The highest BCUT2D eigenvalue weighted by Crippen LogP contribution is 2.20. The van der Waals surface area contributed by atoms with E-state index in [2.05, 4.69) is 4.90 Å². The first-order valence-corrected chi connectivity index (χ1v) is 7.47. The number of nitrogens with two attached hydrogens (primary N) is 2. The first-order valence-electron chi connectivity index (χ1n) is 7.07. The minimum atomic E-state index is -0.600. The summed E-state index contributed by atoms with van der Waals surface area (Å²) in [4.78, 5) is 13.7. The summed E-state index contributed by atoms with van der Waals surface area (Å²) in [6.07, 6.45) is 1.17. The molecule has 2 unspecified atom stereocenters. The molecule has 0 spiro atoms. The molecule has 6 heteroatoms. The van der Waals surface area contributed by atoms with Gasteiger partial charge in [-0.3, -0.25) is 9.69 Å². The largest absolute Gasteiger partial charge is 0.389 e. The molecule has 5 nitrogen and oxygen atoms in total. The van der Waals surface area contributed by atoms with E-state index in [9.17, 15) is 9.90 Å². The number of primary amides is 1. The van der Waals surface area contributed by atoms with Gasteiger partial charge < -0.3 is 16.6 Å². The Morgan fingerprint density at radius 3 is 2.62 bits per heavy atom. The van der Waals surface area contributed by atoms with Crippen LogP contribution in [0.3, 0.4) is 0 Å². The van der Waals surface area contributed by atoms with Crippen LogP contribution in [0.15, 0.2) is 24.3 Å². The molecule has 1 fully saturated rings. The lowest BCUT2D eigenvalue weighted by Gasteiger charge is -2.32. The second-order valence-corrected chi connectivity index (χ2v) is 5.94. The van der Waals surface area contributed by atoms with Crippen LogP contribution in [0.2, 0.25) is 0 Å². The number of piperidine rings is 1. The zero-order chi connectivity index (χ0) is 15.4. The number of aliphatic hydroxyl groups is 1. The van der Waals surface area contributed by atoms with Crippen LogP contribution in [0.5, 0.6) is 0 Å². The van der Waals surface area contributed by atoms with Gasteiger partial charge in [0.05, 0.1) is 12.0 Å². The van der Waals surface area contributed by atoms with Gasteiger partial charge in [-0.15, -0.1) is 0 Å². The third-order valence-corrected chi connectivity index (χ3v) is 4.15. The Morgan fingerprint density at radius 1 is 1.38 bits per heavy atom. The molecule has 0 saturated carbocycles. The number of likely N-dealkylation sites (tertiary alicyclic amines) is 1. The zero-order valence-corrected chi connectivity index (χ0v) is 12.7. The molecule has 2 atom stereocenters. The van der Waals surface area contributed by atoms with Crippen LogP contribution in [0, 0.1) is 5.92 Å². The fraction of sp³-hybridized carbons (Fsp3) is 0.467. The SMILES string of the molecule is NC(=O)C1CCCN(CC(O)c2ccc(C(N)=S)cc2)C1. The third kappa shape index (κ3) is 4.23. The lowest BCUT2D eigenvalue weighted by molar-refractivity contribution is -0.123. The van der Waals surface area contributed by atoms with E-state index in [-0.39, 0.29) is 11.8 Å². The molecule has 1 aliphatic heterocycles. The molecule has 0 aliphatic carbocycles. The van der Waals surface area contributed by atoms with Gasteiger partial charge in [-0.1, -0.05) is 36.5 Å². The molecule has 1 aromatic carbocycles. The monoisotopic (exact) mass is 307 g/mol. The van der Waals surface area contributed by atoms with Crippen molar-refractivity contribution in [3.05, 3.63) is 35.4 Å². The second-order valence-electron chi connectivity index (χ2n) is 5.50. The molecule has 1 aliphatic rings. The Bertz CT molecular complexity index is 518. The smallest absolute Gasteiger partial charge is 0.221 e. The number of rotatable bonds is 5. The van der Waals surface area contributed by atoms with Crippen LogP contribution in [-0.4, -0.2) is 40.5 Å². The Kier molecular flexibility index (Phi) is 5.27. The standard InChI is InChI=1S/C15H21N3O2S/c16-14(20)12-2-1-7-18(8-12)9-13(19)10-3-5-11(6-4-10)15(17)21/h3-6,12-13,19H,1-2,7-9H2,(H2,16,20)(H2,17,21). The predicted octanol–water partition coefficient (Wildman–Crippen LogP) is 0.551. The quantitative estimate of drug-likeness (QED) is 0.691. The van der Waals surface area contributed by atoms with Crippen LogP contribution in [0.4, 0.5) is 0 Å². The van der Waals surface area contributed by atoms with Gasteiger partial charge in [-0.05, 0) is 24.9 Å². The first kappa shape index (κ1) is 15.9. The van der Waals surface area contributed by atoms with E-state index in [4.69, 9.17) is 23.7 Å². The molecule has 1 aromatic rings. The molecule has 5 N–H and O–H groups in total. The van der Waals surface area contributed by atoms with Gasteiger partial charge in [-0.25, -0.2) is 0 Å². The normalized spacial score (nSPS) is 20.9. The number of thiocarbonyl (C=S) groups is 1. The number of hydrogen-bond donors (Lipinski definition) is 3. The highest BCUT2D eigenvalue weighted by molar-refractivity contribution is 7.80. The molecule has 1 heterocycles. The Morgan fingerprint density at radius 2 is 2.05 bits per heavy atom. The van der Waals surface area contributed by atoms with Crippen LogP contribution >= 0.6 is 12.2 Å². The van der Waals surface area contributed by atoms with Crippen LogP contribution < -0.4 is 11.5 Å². The number of nitrogens with zero attached hydrogens (tertiary/aromatic N) is 1. The van der Waals surface area contributed by atoms with E-state index in [1.165, 1.54) is 0 Å². The third-order valence-electron chi connectivity index (χ3n) is 3.92. The van der Waals surface area contributed by atoms with Crippen molar-refractivity contribution in [2.45, 2.75) is 18.9 Å². The average Bonchev–Trinajstić information content (AvgIpc) is 2.47. The summed E-state index contributed by atoms with van der Waals surface area (Å²) in [5, 5.41) is 10.3. The highest BCUT2D eigenvalue weighted by Gasteiger charge is 2.25. The van der Waals surface area contributed by atoms with Gasteiger partial charge in [0.2, 0.25) is 5.91 Å². The molecule has 2 rings (SSSR count). The maximum absolute atomic E-state index is 11.3. The van der Waals surface area contributed by atoms with E-state index in [0.29, 0.717) is 18.1 Å². The first-order chi connectivity index (χ1) is 9.97. The van der Waals surface area contributed by atoms with Gasteiger partial charge in [0, 0.05) is 18.7 Å². The van der Waals surface area contributed by atoms with Gasteiger partial charge in [0.15, 0.2) is 0 Å². The summed E-state index contributed by atoms with van der Waals surface area (Å²) in [5.41, 5.74) is 12.5. The van der Waals surface area contributed by atoms with Crippen LogP contribution in [0.25, 0.3) is 0 Å². The minimum absolute atomic E-state index is 0.108. The van der Waals surface area contributed by atoms with E-state index in [1.54, 1.807) is 0 Å². The van der Waals surface area contributed by atoms with Crippen molar-refractivity contribution in [2.75, 3.05) is 19.6 Å². The topological polar surface area (TPSA) is 92.6 Å². The summed E-state index contributed by atoms with van der Waals surface area (Å²) in [6.45, 7) is 2.00. The van der Waals surface area contributed by atoms with Gasteiger partial charge >= 0.3 is 0 Å². The average molecular weight is 307 g/mol. The summed E-state index contributed by atoms with van der Waals surface area (Å²) in [6, 6.07) is 7.27. The fourth-order valence-corrected chi connectivity index (χ4v) is 2.81. The molecule has 1 amide bonds. The summed E-state index contributed by atoms with van der Waals surface area (Å²) >= 11 is 4.90. The minimum Gasteiger partial charge on any atom is -0.389 e. The van der Waals surface area contributed by atoms with E-state index in [1.807, 2.05) is 24.3 Å². The predicted molar refractivity (Wildman–Crippen MR) is 85.6 cm³/mol. The Labute approximate surface area is 129 Å². The van der Waals surface area contributed by atoms with E-state index in [0.717, 1.165) is 30.5 Å². The van der Waals surface area contributed by atoms with Crippen molar-refractivity contribution in [3.63, 3.8) is 0 Å². The maximum Gasteiger partial charge on any atom is 0.221 e. The van der Waals surface area contributed by atoms with Crippen molar-refractivity contribution < 1.29 is 9.90 Å². The van der Waals surface area contributed by atoms with E-state index >= 15 is 0 Å². The molecule has 0 bridgehead atoms. The van der Waals surface area contributed by atoms with Crippen molar-refractivity contribution in [1.82, 2.24) is 4.90 Å². The summed E-state index contributed by atoms with van der Waals surface area (Å²) in [5.74, 6) is -0.363. The van der Waals surface area contributed by atoms with Crippen molar-refractivity contribution in [3.8, 4) is 0 Å². The molecule has 1 saturated heterocycles.